The van der Waals surface area contributed by atoms with Crippen LogP contribution in [-0.2, 0) is 4.74 Å². The van der Waals surface area contributed by atoms with Crippen molar-refractivity contribution in [2.45, 2.75) is 24.9 Å². The Balaban J connectivity index is 1.71. The van der Waals surface area contributed by atoms with Crippen LogP contribution in [0.1, 0.15) is 19.3 Å². The van der Waals surface area contributed by atoms with Crippen molar-refractivity contribution in [2.24, 2.45) is 0 Å². The van der Waals surface area contributed by atoms with Crippen molar-refractivity contribution < 1.29 is 9.15 Å². The summed E-state index contributed by atoms with van der Waals surface area (Å²) in [5.41, 5.74) is 2.34. The van der Waals surface area contributed by atoms with E-state index in [0.29, 0.717) is 5.58 Å². The topological polar surface area (TPSA) is 60.2 Å². The number of ether oxygens (including phenoxy) is 1. The number of anilines is 1. The van der Waals surface area contributed by atoms with E-state index in [9.17, 15) is 0 Å². The standard InChI is InChI=1S/C16H17N3O2/c1-20-16(7-4-8-16)9-17-15-14-13(18-10-19-15)11-5-2-3-6-12(11)21-14/h2-3,5-6,10H,4,7-9H2,1H3,(H,17,18,19). The molecule has 2 heterocycles. The molecule has 3 aromatic rings. The SMILES string of the molecule is COC1(CNc2ncnc3c2oc2ccccc23)CCC1. The van der Waals surface area contributed by atoms with E-state index in [2.05, 4.69) is 15.3 Å². The van der Waals surface area contributed by atoms with E-state index in [1.807, 2.05) is 24.3 Å². The van der Waals surface area contributed by atoms with Crippen LogP contribution in [0.3, 0.4) is 0 Å². The summed E-state index contributed by atoms with van der Waals surface area (Å²) in [6.07, 6.45) is 4.97. The van der Waals surface area contributed by atoms with Gasteiger partial charge in [-0.1, -0.05) is 12.1 Å². The van der Waals surface area contributed by atoms with Gasteiger partial charge in [0, 0.05) is 19.0 Å². The third-order valence-corrected chi connectivity index (χ3v) is 4.43. The van der Waals surface area contributed by atoms with E-state index in [4.69, 9.17) is 9.15 Å². The Bertz CT molecular complexity index is 787. The van der Waals surface area contributed by atoms with Crippen LogP contribution < -0.4 is 5.32 Å². The highest BCUT2D eigenvalue weighted by Crippen LogP contribution is 2.36. The summed E-state index contributed by atoms with van der Waals surface area (Å²) < 4.78 is 11.5. The normalized spacial score (nSPS) is 17.0. The lowest BCUT2D eigenvalue weighted by molar-refractivity contribution is -0.0601. The predicted molar refractivity (Wildman–Crippen MR) is 81.4 cm³/mol. The Kier molecular flexibility index (Phi) is 2.82. The molecule has 1 aliphatic rings. The summed E-state index contributed by atoms with van der Waals surface area (Å²) in [4.78, 5) is 8.68. The molecule has 5 nitrogen and oxygen atoms in total. The second kappa shape index (κ2) is 4.70. The van der Waals surface area contributed by atoms with Crippen molar-refractivity contribution in [3.05, 3.63) is 30.6 Å². The molecule has 0 aliphatic heterocycles. The van der Waals surface area contributed by atoms with Gasteiger partial charge in [-0.15, -0.1) is 0 Å². The fourth-order valence-electron chi connectivity index (χ4n) is 2.92. The molecule has 1 N–H and O–H groups in total. The first-order valence-electron chi connectivity index (χ1n) is 7.23. The van der Waals surface area contributed by atoms with Crippen molar-refractivity contribution in [1.82, 2.24) is 9.97 Å². The minimum Gasteiger partial charge on any atom is -0.450 e. The van der Waals surface area contributed by atoms with Crippen LogP contribution in [-0.4, -0.2) is 29.2 Å². The van der Waals surface area contributed by atoms with Crippen LogP contribution in [0.5, 0.6) is 0 Å². The number of hydrogen-bond acceptors (Lipinski definition) is 5. The highest BCUT2D eigenvalue weighted by molar-refractivity contribution is 6.05. The average Bonchev–Trinajstić information content (AvgIpc) is 2.86. The van der Waals surface area contributed by atoms with Crippen LogP contribution in [0.25, 0.3) is 22.1 Å². The molecule has 1 aliphatic carbocycles. The number of nitrogens with zero attached hydrogens (tertiary/aromatic N) is 2. The molecule has 0 unspecified atom stereocenters. The number of aromatic nitrogens is 2. The highest BCUT2D eigenvalue weighted by Gasteiger charge is 2.37. The van der Waals surface area contributed by atoms with Gasteiger partial charge in [0.1, 0.15) is 17.4 Å². The number of benzene rings is 1. The zero-order chi connectivity index (χ0) is 14.3. The summed E-state index contributed by atoms with van der Waals surface area (Å²) in [7, 11) is 1.78. The number of furan rings is 1. The van der Waals surface area contributed by atoms with Crippen molar-refractivity contribution in [3.8, 4) is 0 Å². The first-order chi connectivity index (χ1) is 10.3. The maximum Gasteiger partial charge on any atom is 0.196 e. The van der Waals surface area contributed by atoms with Crippen LogP contribution in [0.2, 0.25) is 0 Å². The smallest absolute Gasteiger partial charge is 0.196 e. The van der Waals surface area contributed by atoms with E-state index < -0.39 is 0 Å². The lowest BCUT2D eigenvalue weighted by Gasteiger charge is -2.40. The lowest BCUT2D eigenvalue weighted by Crippen LogP contribution is -2.45. The zero-order valence-electron chi connectivity index (χ0n) is 11.9. The minimum absolute atomic E-state index is 0.0523. The Labute approximate surface area is 122 Å². The van der Waals surface area contributed by atoms with E-state index in [-0.39, 0.29) is 5.60 Å². The van der Waals surface area contributed by atoms with Gasteiger partial charge >= 0.3 is 0 Å². The highest BCUT2D eigenvalue weighted by atomic mass is 16.5. The van der Waals surface area contributed by atoms with Gasteiger partial charge < -0.3 is 14.5 Å². The van der Waals surface area contributed by atoms with Gasteiger partial charge in [-0.3, -0.25) is 0 Å². The summed E-state index contributed by atoms with van der Waals surface area (Å²) in [5, 5.41) is 4.39. The quantitative estimate of drug-likeness (QED) is 0.795. The molecule has 5 heteroatoms. The number of para-hydroxylation sites is 1. The monoisotopic (exact) mass is 283 g/mol. The lowest BCUT2D eigenvalue weighted by atomic mass is 9.80. The largest absolute Gasteiger partial charge is 0.450 e. The average molecular weight is 283 g/mol. The molecule has 1 aromatic carbocycles. The van der Waals surface area contributed by atoms with E-state index in [0.717, 1.165) is 41.7 Å². The van der Waals surface area contributed by atoms with Crippen molar-refractivity contribution in [3.63, 3.8) is 0 Å². The molecule has 1 saturated carbocycles. The number of nitrogens with one attached hydrogen (secondary N) is 1. The van der Waals surface area contributed by atoms with Gasteiger partial charge in [-0.25, -0.2) is 9.97 Å². The van der Waals surface area contributed by atoms with Crippen molar-refractivity contribution >= 4 is 27.9 Å². The predicted octanol–water partition coefficient (Wildman–Crippen LogP) is 3.36. The summed E-state index contributed by atoms with van der Waals surface area (Å²) in [5.74, 6) is 0.736. The molecule has 0 spiro atoms. The first-order valence-corrected chi connectivity index (χ1v) is 7.23. The van der Waals surface area contributed by atoms with Crippen molar-refractivity contribution in [1.29, 1.82) is 0 Å². The molecule has 0 amide bonds. The van der Waals surface area contributed by atoms with Gasteiger partial charge in [-0.05, 0) is 31.4 Å². The zero-order valence-corrected chi connectivity index (χ0v) is 11.9. The molecular formula is C16H17N3O2. The number of hydrogen-bond donors (Lipinski definition) is 1. The minimum atomic E-state index is -0.0523. The van der Waals surface area contributed by atoms with E-state index in [1.54, 1.807) is 13.4 Å². The third kappa shape index (κ3) is 1.96. The molecule has 1 fully saturated rings. The molecule has 0 bridgehead atoms. The Hall–Kier alpha value is -2.14. The molecule has 4 rings (SSSR count). The molecule has 2 aromatic heterocycles. The van der Waals surface area contributed by atoms with E-state index in [1.165, 1.54) is 6.42 Å². The van der Waals surface area contributed by atoms with Crippen molar-refractivity contribution in [2.75, 3.05) is 19.0 Å². The molecular weight excluding hydrogens is 266 g/mol. The molecule has 21 heavy (non-hydrogen) atoms. The van der Waals surface area contributed by atoms with Gasteiger partial charge in [-0.2, -0.15) is 0 Å². The maximum atomic E-state index is 5.91. The second-order valence-electron chi connectivity index (χ2n) is 5.59. The summed E-state index contributed by atoms with van der Waals surface area (Å²) >= 11 is 0. The number of methoxy groups -OCH3 is 1. The number of rotatable bonds is 4. The van der Waals surface area contributed by atoms with Crippen LogP contribution in [0.4, 0.5) is 5.82 Å². The van der Waals surface area contributed by atoms with Gasteiger partial charge in [0.25, 0.3) is 0 Å². The maximum absolute atomic E-state index is 5.91. The second-order valence-corrected chi connectivity index (χ2v) is 5.59. The Morgan fingerprint density at radius 2 is 2.14 bits per heavy atom. The fourth-order valence-corrected chi connectivity index (χ4v) is 2.92. The van der Waals surface area contributed by atoms with Crippen LogP contribution in [0, 0.1) is 0 Å². The molecule has 0 atom stereocenters. The Morgan fingerprint density at radius 3 is 2.90 bits per heavy atom. The van der Waals surface area contributed by atoms with Gasteiger partial charge in [0.05, 0.1) is 5.60 Å². The summed E-state index contributed by atoms with van der Waals surface area (Å²) in [6, 6.07) is 7.91. The number of fused-ring (bicyclic) bond motifs is 3. The molecule has 0 saturated heterocycles. The fraction of sp³-hybridized carbons (Fsp3) is 0.375. The molecule has 0 radical (unpaired) electrons. The molecule has 108 valence electrons. The first kappa shape index (κ1) is 12.6. The third-order valence-electron chi connectivity index (χ3n) is 4.43. The van der Waals surface area contributed by atoms with E-state index >= 15 is 0 Å². The van der Waals surface area contributed by atoms with Crippen LogP contribution >= 0.6 is 0 Å². The van der Waals surface area contributed by atoms with Crippen LogP contribution in [0.15, 0.2) is 35.0 Å². The summed E-state index contributed by atoms with van der Waals surface area (Å²) in [6.45, 7) is 0.743. The van der Waals surface area contributed by atoms with Gasteiger partial charge in [0.2, 0.25) is 0 Å². The van der Waals surface area contributed by atoms with Gasteiger partial charge in [0.15, 0.2) is 11.4 Å². The Morgan fingerprint density at radius 1 is 1.29 bits per heavy atom.